The molecular weight excluding hydrogens is 280 g/mol. The smallest absolute Gasteiger partial charge is 0.220 e. The van der Waals surface area contributed by atoms with Crippen LogP contribution in [0.15, 0.2) is 30.5 Å². The first-order chi connectivity index (χ1) is 10.6. The number of ether oxygens (including phenoxy) is 1. The number of hydrogen-bond acceptors (Lipinski definition) is 3. The molecule has 22 heavy (non-hydrogen) atoms. The van der Waals surface area contributed by atoms with E-state index in [0.29, 0.717) is 32.5 Å². The van der Waals surface area contributed by atoms with Gasteiger partial charge in [0.2, 0.25) is 5.91 Å². The predicted octanol–water partition coefficient (Wildman–Crippen LogP) is 1.38. The second kappa shape index (κ2) is 6.10. The molecule has 1 unspecified atom stereocenters. The summed E-state index contributed by atoms with van der Waals surface area (Å²) in [5.74, 6) is -0.0340. The van der Waals surface area contributed by atoms with Crippen molar-refractivity contribution >= 4 is 16.8 Å². The molecule has 2 heterocycles. The fraction of sp³-hybridized carbons (Fsp3) is 0.471. The van der Waals surface area contributed by atoms with Crippen LogP contribution in [0, 0.1) is 0 Å². The van der Waals surface area contributed by atoms with Gasteiger partial charge in [-0.25, -0.2) is 0 Å². The van der Waals surface area contributed by atoms with Gasteiger partial charge in [-0.1, -0.05) is 18.2 Å². The maximum Gasteiger partial charge on any atom is 0.220 e. The van der Waals surface area contributed by atoms with Crippen LogP contribution >= 0.6 is 0 Å². The van der Waals surface area contributed by atoms with Crippen molar-refractivity contribution in [3.05, 3.63) is 36.0 Å². The summed E-state index contributed by atoms with van der Waals surface area (Å²) in [6, 6.07) is 8.19. The fourth-order valence-electron chi connectivity index (χ4n) is 2.96. The van der Waals surface area contributed by atoms with Gasteiger partial charge in [0.1, 0.15) is 5.60 Å². The zero-order valence-electron chi connectivity index (χ0n) is 12.8. The molecule has 0 saturated carbocycles. The van der Waals surface area contributed by atoms with E-state index in [2.05, 4.69) is 28.2 Å². The van der Waals surface area contributed by atoms with E-state index in [1.807, 2.05) is 19.2 Å². The van der Waals surface area contributed by atoms with E-state index in [1.165, 1.54) is 16.5 Å². The Labute approximate surface area is 129 Å². The molecule has 5 heteroatoms. The lowest BCUT2D eigenvalue weighted by molar-refractivity contribution is -0.122. The summed E-state index contributed by atoms with van der Waals surface area (Å²) in [5.41, 5.74) is 1.46. The number of carbonyl (C=O) groups is 1. The highest BCUT2D eigenvalue weighted by molar-refractivity contribution is 5.84. The van der Waals surface area contributed by atoms with Gasteiger partial charge in [-0.15, -0.1) is 0 Å². The van der Waals surface area contributed by atoms with Crippen molar-refractivity contribution < 1.29 is 14.6 Å². The van der Waals surface area contributed by atoms with Crippen LogP contribution in [0.5, 0.6) is 0 Å². The second-order valence-corrected chi connectivity index (χ2v) is 6.09. The quantitative estimate of drug-likeness (QED) is 0.877. The molecule has 1 aromatic heterocycles. The SMILES string of the molecule is Cn1cc(CCC(=O)NCC2(O)CCOC2)c2ccccc21. The number of carbonyl (C=O) groups excluding carboxylic acids is 1. The van der Waals surface area contributed by atoms with Crippen LogP contribution in [0.2, 0.25) is 0 Å². The lowest BCUT2D eigenvalue weighted by Crippen LogP contribution is -2.43. The molecular formula is C17H22N2O3. The fourth-order valence-corrected chi connectivity index (χ4v) is 2.96. The molecule has 0 aliphatic carbocycles. The summed E-state index contributed by atoms with van der Waals surface area (Å²) >= 11 is 0. The topological polar surface area (TPSA) is 63.5 Å². The van der Waals surface area contributed by atoms with E-state index in [0.717, 1.165) is 0 Å². The molecule has 1 saturated heterocycles. The van der Waals surface area contributed by atoms with Crippen LogP contribution in [0.4, 0.5) is 0 Å². The van der Waals surface area contributed by atoms with E-state index in [9.17, 15) is 9.90 Å². The zero-order chi connectivity index (χ0) is 15.6. The van der Waals surface area contributed by atoms with Gasteiger partial charge in [0.05, 0.1) is 6.61 Å². The zero-order valence-corrected chi connectivity index (χ0v) is 12.8. The number of para-hydroxylation sites is 1. The molecule has 1 aliphatic heterocycles. The molecule has 0 radical (unpaired) electrons. The molecule has 5 nitrogen and oxygen atoms in total. The standard InChI is InChI=1S/C17H22N2O3/c1-19-10-13(14-4-2-3-5-15(14)19)6-7-16(20)18-11-17(21)8-9-22-12-17/h2-5,10,21H,6-9,11-12H2,1H3,(H,18,20). The Balaban J connectivity index is 1.56. The average molecular weight is 302 g/mol. The van der Waals surface area contributed by atoms with Crippen molar-refractivity contribution in [2.45, 2.75) is 24.9 Å². The predicted molar refractivity (Wildman–Crippen MR) is 84.6 cm³/mol. The number of aromatic nitrogens is 1. The Morgan fingerprint density at radius 2 is 2.27 bits per heavy atom. The first kappa shape index (κ1) is 15.1. The maximum absolute atomic E-state index is 12.0. The highest BCUT2D eigenvalue weighted by Gasteiger charge is 2.32. The minimum Gasteiger partial charge on any atom is -0.386 e. The first-order valence-corrected chi connectivity index (χ1v) is 7.67. The Bertz CT molecular complexity index is 672. The Hall–Kier alpha value is -1.85. The molecule has 118 valence electrons. The Kier molecular flexibility index (Phi) is 4.18. The molecule has 2 aromatic rings. The average Bonchev–Trinajstić information content (AvgIpc) is 3.09. The number of nitrogens with one attached hydrogen (secondary N) is 1. The Morgan fingerprint density at radius 3 is 3.05 bits per heavy atom. The lowest BCUT2D eigenvalue weighted by Gasteiger charge is -2.20. The van der Waals surface area contributed by atoms with Crippen molar-refractivity contribution in [3.8, 4) is 0 Å². The molecule has 0 spiro atoms. The van der Waals surface area contributed by atoms with E-state index < -0.39 is 5.60 Å². The van der Waals surface area contributed by atoms with E-state index >= 15 is 0 Å². The summed E-state index contributed by atoms with van der Waals surface area (Å²) < 4.78 is 7.25. The second-order valence-electron chi connectivity index (χ2n) is 6.09. The summed E-state index contributed by atoms with van der Waals surface area (Å²) in [4.78, 5) is 12.0. The third-order valence-corrected chi connectivity index (χ3v) is 4.30. The highest BCUT2D eigenvalue weighted by Crippen LogP contribution is 2.21. The van der Waals surface area contributed by atoms with Crippen LogP contribution in [0.25, 0.3) is 10.9 Å². The molecule has 0 bridgehead atoms. The summed E-state index contributed by atoms with van der Waals surface area (Å²) in [5, 5.41) is 14.1. The van der Waals surface area contributed by atoms with Gasteiger partial charge in [0, 0.05) is 50.1 Å². The number of aliphatic hydroxyl groups is 1. The van der Waals surface area contributed by atoms with Gasteiger partial charge < -0.3 is 19.7 Å². The van der Waals surface area contributed by atoms with Crippen LogP contribution in [0.1, 0.15) is 18.4 Å². The van der Waals surface area contributed by atoms with Gasteiger partial charge in [-0.2, -0.15) is 0 Å². The monoisotopic (exact) mass is 302 g/mol. The maximum atomic E-state index is 12.0. The number of hydrogen-bond donors (Lipinski definition) is 2. The van der Waals surface area contributed by atoms with Gasteiger partial charge in [0.25, 0.3) is 0 Å². The van der Waals surface area contributed by atoms with E-state index in [1.54, 1.807) is 0 Å². The molecule has 2 N–H and O–H groups in total. The summed E-state index contributed by atoms with van der Waals surface area (Å²) in [7, 11) is 2.02. The number of fused-ring (bicyclic) bond motifs is 1. The van der Waals surface area contributed by atoms with E-state index in [-0.39, 0.29) is 12.5 Å². The molecule has 3 rings (SSSR count). The Morgan fingerprint density at radius 1 is 1.45 bits per heavy atom. The molecule has 1 aliphatic rings. The highest BCUT2D eigenvalue weighted by atomic mass is 16.5. The molecule has 1 amide bonds. The van der Waals surface area contributed by atoms with Crippen molar-refractivity contribution in [1.29, 1.82) is 0 Å². The number of benzene rings is 1. The molecule has 1 aromatic carbocycles. The number of aryl methyl sites for hydroxylation is 2. The van der Waals surface area contributed by atoms with Gasteiger partial charge in [-0.3, -0.25) is 4.79 Å². The number of rotatable bonds is 5. The largest absolute Gasteiger partial charge is 0.386 e. The summed E-state index contributed by atoms with van der Waals surface area (Å²) in [6.07, 6.45) is 3.78. The van der Waals surface area contributed by atoms with Crippen LogP contribution in [-0.2, 0) is 23.0 Å². The first-order valence-electron chi connectivity index (χ1n) is 7.67. The van der Waals surface area contributed by atoms with Crippen molar-refractivity contribution in [3.63, 3.8) is 0 Å². The van der Waals surface area contributed by atoms with Crippen LogP contribution < -0.4 is 5.32 Å². The van der Waals surface area contributed by atoms with Gasteiger partial charge in [-0.05, 0) is 18.1 Å². The van der Waals surface area contributed by atoms with Crippen LogP contribution in [-0.4, -0.2) is 40.9 Å². The van der Waals surface area contributed by atoms with Crippen LogP contribution in [0.3, 0.4) is 0 Å². The third-order valence-electron chi connectivity index (χ3n) is 4.30. The van der Waals surface area contributed by atoms with E-state index in [4.69, 9.17) is 4.74 Å². The molecule has 1 atom stereocenters. The van der Waals surface area contributed by atoms with Crippen molar-refractivity contribution in [2.24, 2.45) is 7.05 Å². The van der Waals surface area contributed by atoms with Crippen molar-refractivity contribution in [1.82, 2.24) is 9.88 Å². The third kappa shape index (κ3) is 3.15. The minimum atomic E-state index is -0.894. The summed E-state index contributed by atoms with van der Waals surface area (Å²) in [6.45, 7) is 1.13. The van der Waals surface area contributed by atoms with Gasteiger partial charge >= 0.3 is 0 Å². The molecule has 1 fully saturated rings. The van der Waals surface area contributed by atoms with Gasteiger partial charge in [0.15, 0.2) is 0 Å². The normalized spacial score (nSPS) is 21.4. The minimum absolute atomic E-state index is 0.0340. The number of nitrogens with zero attached hydrogens (tertiary/aromatic N) is 1. The van der Waals surface area contributed by atoms with Crippen molar-refractivity contribution in [2.75, 3.05) is 19.8 Å². The lowest BCUT2D eigenvalue weighted by atomic mass is 10.0. The number of amides is 1.